The predicted molar refractivity (Wildman–Crippen MR) is 63.0 cm³/mol. The molecule has 0 nitrogen and oxygen atoms in total. The molecular formula is C12H18Si. The molecule has 0 saturated carbocycles. The molecule has 0 spiro atoms. The molecule has 0 N–H and O–H groups in total. The van der Waals surface area contributed by atoms with Gasteiger partial charge >= 0.3 is 0 Å². The van der Waals surface area contributed by atoms with E-state index in [0.717, 1.165) is 5.54 Å². The lowest BCUT2D eigenvalue weighted by Crippen LogP contribution is -2.12. The van der Waals surface area contributed by atoms with Gasteiger partial charge in [-0.25, -0.2) is 0 Å². The minimum Gasteiger partial charge on any atom is -0.103 e. The normalized spacial score (nSPS) is 12.8. The molecule has 0 heterocycles. The first kappa shape index (κ1) is 10.3. The Labute approximate surface area is 82.9 Å². The minimum absolute atomic E-state index is 0.573. The fraction of sp³-hybridized carbons (Fsp3) is 0.333. The van der Waals surface area contributed by atoms with E-state index in [0.29, 0.717) is 0 Å². The number of hydrogen-bond acceptors (Lipinski definition) is 0. The number of benzene rings is 1. The standard InChI is InChI=1S/C12H18Si/c1-4-12(13(2)3)10-11-8-6-5-7-9-11/h4-9,12-13H,1,10H2,2-3H3. The van der Waals surface area contributed by atoms with E-state index in [1.165, 1.54) is 12.0 Å². The summed E-state index contributed by atoms with van der Waals surface area (Å²) in [6.07, 6.45) is 3.30. The maximum Gasteiger partial charge on any atom is 0.0384 e. The molecule has 0 aliphatic rings. The third kappa shape index (κ3) is 3.19. The van der Waals surface area contributed by atoms with E-state index in [2.05, 4.69) is 56.1 Å². The van der Waals surface area contributed by atoms with Gasteiger partial charge in [-0.2, -0.15) is 0 Å². The Bertz CT molecular complexity index is 251. The van der Waals surface area contributed by atoms with Gasteiger partial charge < -0.3 is 0 Å². The predicted octanol–water partition coefficient (Wildman–Crippen LogP) is 3.27. The SMILES string of the molecule is C=CC(Cc1ccccc1)[SiH](C)C. The van der Waals surface area contributed by atoms with Crippen molar-refractivity contribution < 1.29 is 0 Å². The Kier molecular flexibility index (Phi) is 3.97. The Morgan fingerprint density at radius 3 is 2.38 bits per heavy atom. The van der Waals surface area contributed by atoms with E-state index in [9.17, 15) is 0 Å². The van der Waals surface area contributed by atoms with Crippen LogP contribution < -0.4 is 0 Å². The molecule has 0 aliphatic heterocycles. The van der Waals surface area contributed by atoms with Crippen LogP contribution in [-0.2, 0) is 6.42 Å². The first-order valence-electron chi connectivity index (χ1n) is 4.90. The molecule has 1 aromatic rings. The molecule has 1 rings (SSSR count). The smallest absolute Gasteiger partial charge is 0.0384 e. The van der Waals surface area contributed by atoms with Crippen LogP contribution in [0.4, 0.5) is 0 Å². The molecule has 13 heavy (non-hydrogen) atoms. The highest BCUT2D eigenvalue weighted by atomic mass is 28.3. The summed E-state index contributed by atoms with van der Waals surface area (Å²) in [4.78, 5) is 0. The summed E-state index contributed by atoms with van der Waals surface area (Å²) in [5, 5.41) is 0. The molecule has 0 fully saturated rings. The maximum atomic E-state index is 3.91. The third-order valence-electron chi connectivity index (χ3n) is 2.47. The van der Waals surface area contributed by atoms with Crippen LogP contribution in [0.15, 0.2) is 43.0 Å². The average Bonchev–Trinajstić information content (AvgIpc) is 2.15. The molecule has 1 heteroatoms. The van der Waals surface area contributed by atoms with Gasteiger partial charge in [0, 0.05) is 8.80 Å². The summed E-state index contributed by atoms with van der Waals surface area (Å²) in [6.45, 7) is 8.68. The summed E-state index contributed by atoms with van der Waals surface area (Å²) in [6, 6.07) is 10.7. The van der Waals surface area contributed by atoms with Gasteiger partial charge in [0.05, 0.1) is 0 Å². The molecule has 0 amide bonds. The van der Waals surface area contributed by atoms with Gasteiger partial charge in [0.25, 0.3) is 0 Å². The van der Waals surface area contributed by atoms with Crippen molar-refractivity contribution in [3.8, 4) is 0 Å². The van der Waals surface area contributed by atoms with Crippen molar-refractivity contribution in [1.82, 2.24) is 0 Å². The van der Waals surface area contributed by atoms with E-state index in [1.54, 1.807) is 0 Å². The molecule has 0 aliphatic carbocycles. The van der Waals surface area contributed by atoms with Crippen LogP contribution in [0.3, 0.4) is 0 Å². The van der Waals surface area contributed by atoms with Crippen molar-refractivity contribution in [3.63, 3.8) is 0 Å². The van der Waals surface area contributed by atoms with Crippen molar-refractivity contribution in [2.24, 2.45) is 0 Å². The first-order chi connectivity index (χ1) is 6.24. The Hall–Kier alpha value is -0.823. The van der Waals surface area contributed by atoms with Gasteiger partial charge in [-0.15, -0.1) is 6.58 Å². The summed E-state index contributed by atoms with van der Waals surface area (Å²) in [7, 11) is -0.573. The lowest BCUT2D eigenvalue weighted by molar-refractivity contribution is 0.973. The van der Waals surface area contributed by atoms with Crippen LogP contribution in [0.2, 0.25) is 18.6 Å². The molecule has 70 valence electrons. The zero-order valence-corrected chi connectivity index (χ0v) is 9.69. The van der Waals surface area contributed by atoms with Crippen LogP contribution in [0, 0.1) is 0 Å². The Morgan fingerprint density at radius 1 is 1.31 bits per heavy atom. The van der Waals surface area contributed by atoms with Gasteiger partial charge in [-0.05, 0) is 17.5 Å². The van der Waals surface area contributed by atoms with Crippen LogP contribution in [0.1, 0.15) is 5.56 Å². The molecule has 0 aromatic heterocycles. The number of allylic oxidation sites excluding steroid dienone is 1. The van der Waals surface area contributed by atoms with E-state index in [-0.39, 0.29) is 0 Å². The molecule has 0 radical (unpaired) electrons. The average molecular weight is 190 g/mol. The van der Waals surface area contributed by atoms with E-state index in [1.807, 2.05) is 0 Å². The topological polar surface area (TPSA) is 0 Å². The molecule has 1 atom stereocenters. The van der Waals surface area contributed by atoms with Crippen molar-refractivity contribution in [3.05, 3.63) is 48.6 Å². The van der Waals surface area contributed by atoms with Crippen molar-refractivity contribution >= 4 is 8.80 Å². The minimum atomic E-state index is -0.573. The highest BCUT2D eigenvalue weighted by molar-refractivity contribution is 6.58. The Balaban J connectivity index is 2.62. The lowest BCUT2D eigenvalue weighted by atomic mass is 10.1. The fourth-order valence-corrected chi connectivity index (χ4v) is 2.77. The van der Waals surface area contributed by atoms with Crippen LogP contribution in [0.5, 0.6) is 0 Å². The van der Waals surface area contributed by atoms with Gasteiger partial charge in [-0.1, -0.05) is 49.5 Å². The van der Waals surface area contributed by atoms with Gasteiger partial charge in [0.2, 0.25) is 0 Å². The van der Waals surface area contributed by atoms with Crippen molar-refractivity contribution in [2.75, 3.05) is 0 Å². The molecule has 0 bridgehead atoms. The van der Waals surface area contributed by atoms with Gasteiger partial charge in [0.15, 0.2) is 0 Å². The molecule has 0 saturated heterocycles. The van der Waals surface area contributed by atoms with E-state index in [4.69, 9.17) is 0 Å². The van der Waals surface area contributed by atoms with Gasteiger partial charge in [0.1, 0.15) is 0 Å². The summed E-state index contributed by atoms with van der Waals surface area (Å²) < 4.78 is 0. The molecular weight excluding hydrogens is 172 g/mol. The zero-order chi connectivity index (χ0) is 9.68. The highest BCUT2D eigenvalue weighted by Gasteiger charge is 2.10. The second-order valence-corrected chi connectivity index (χ2v) is 7.18. The molecule has 1 aromatic carbocycles. The van der Waals surface area contributed by atoms with Crippen LogP contribution in [0.25, 0.3) is 0 Å². The lowest BCUT2D eigenvalue weighted by Gasteiger charge is -2.14. The maximum absolute atomic E-state index is 3.91. The first-order valence-corrected chi connectivity index (χ1v) is 7.88. The quantitative estimate of drug-likeness (QED) is 0.505. The second kappa shape index (κ2) is 5.03. The van der Waals surface area contributed by atoms with Gasteiger partial charge in [-0.3, -0.25) is 0 Å². The monoisotopic (exact) mass is 190 g/mol. The molecule has 1 unspecified atom stereocenters. The summed E-state index contributed by atoms with van der Waals surface area (Å²) >= 11 is 0. The van der Waals surface area contributed by atoms with E-state index < -0.39 is 8.80 Å². The Morgan fingerprint density at radius 2 is 1.92 bits per heavy atom. The third-order valence-corrected chi connectivity index (χ3v) is 4.69. The highest BCUT2D eigenvalue weighted by Crippen LogP contribution is 2.18. The van der Waals surface area contributed by atoms with Crippen molar-refractivity contribution in [1.29, 1.82) is 0 Å². The van der Waals surface area contributed by atoms with E-state index >= 15 is 0 Å². The number of hydrogen-bond donors (Lipinski definition) is 0. The second-order valence-electron chi connectivity index (χ2n) is 3.83. The number of rotatable bonds is 4. The summed E-state index contributed by atoms with van der Waals surface area (Å²) in [5.41, 5.74) is 2.18. The largest absolute Gasteiger partial charge is 0.103 e. The summed E-state index contributed by atoms with van der Waals surface area (Å²) in [5.74, 6) is 0. The fourth-order valence-electron chi connectivity index (χ4n) is 1.48. The van der Waals surface area contributed by atoms with Crippen LogP contribution >= 0.6 is 0 Å². The van der Waals surface area contributed by atoms with Crippen molar-refractivity contribution in [2.45, 2.75) is 25.1 Å². The van der Waals surface area contributed by atoms with Crippen LogP contribution in [-0.4, -0.2) is 8.80 Å². The zero-order valence-electron chi connectivity index (χ0n) is 8.53.